The van der Waals surface area contributed by atoms with Crippen LogP contribution in [0.2, 0.25) is 0 Å². The summed E-state index contributed by atoms with van der Waals surface area (Å²) in [6, 6.07) is 0. The maximum atomic E-state index is 3.91. The van der Waals surface area contributed by atoms with Gasteiger partial charge in [0.1, 0.15) is 0 Å². The molecule has 3 heteroatoms. The highest BCUT2D eigenvalue weighted by atomic mass is 32.1. The molecule has 0 aromatic carbocycles. The highest BCUT2D eigenvalue weighted by Gasteiger charge is 1.79. The normalized spacial score (nSPS) is 15.0. The van der Waals surface area contributed by atoms with E-state index in [1.807, 2.05) is 6.92 Å². The van der Waals surface area contributed by atoms with Crippen molar-refractivity contribution in [3.05, 3.63) is 0 Å². The molecule has 1 N–H and O–H groups in total. The smallest absolute Gasteiger partial charge is 0.0567 e. The highest BCUT2D eigenvalue weighted by Crippen LogP contribution is 1.83. The van der Waals surface area contributed by atoms with Gasteiger partial charge in [0.05, 0.1) is 5.37 Å². The van der Waals surface area contributed by atoms with Crippen LogP contribution in [-0.2, 0) is 0 Å². The summed E-state index contributed by atoms with van der Waals surface area (Å²) in [5.41, 5.74) is 0. The van der Waals surface area contributed by atoms with Gasteiger partial charge in [0, 0.05) is 0 Å². The standard InChI is InChI=1S/C2H7NS2/c1-2(4)3-5/h2-5H,1H3. The third-order valence-corrected chi connectivity index (χ3v) is 0.907. The molecule has 0 aliphatic carbocycles. The molecule has 1 unspecified atom stereocenters. The fraction of sp³-hybridized carbons (Fsp3) is 1.00. The minimum Gasteiger partial charge on any atom is -0.254 e. The minimum absolute atomic E-state index is 0.193. The van der Waals surface area contributed by atoms with Crippen molar-refractivity contribution in [3.8, 4) is 0 Å². The molecule has 0 bridgehead atoms. The molecule has 32 valence electrons. The van der Waals surface area contributed by atoms with Crippen LogP contribution in [0.3, 0.4) is 0 Å². The van der Waals surface area contributed by atoms with E-state index >= 15 is 0 Å². The second-order valence-electron chi connectivity index (χ2n) is 0.805. The van der Waals surface area contributed by atoms with Gasteiger partial charge in [-0.15, -0.1) is 0 Å². The van der Waals surface area contributed by atoms with Gasteiger partial charge >= 0.3 is 0 Å². The Morgan fingerprint density at radius 1 is 1.80 bits per heavy atom. The Morgan fingerprint density at radius 2 is 2.00 bits per heavy atom. The lowest BCUT2D eigenvalue weighted by Gasteiger charge is -1.93. The molecule has 0 aromatic rings. The lowest BCUT2D eigenvalue weighted by atomic mass is 10.8. The van der Waals surface area contributed by atoms with E-state index < -0.39 is 0 Å². The third-order valence-electron chi connectivity index (χ3n) is 0.187. The number of rotatable bonds is 1. The largest absolute Gasteiger partial charge is 0.254 e. The first-order chi connectivity index (χ1) is 2.27. The number of nitrogens with one attached hydrogen (secondary N) is 1. The SMILES string of the molecule is CC(S)NS. The molecule has 1 nitrogen and oxygen atoms in total. The van der Waals surface area contributed by atoms with E-state index in [0.29, 0.717) is 0 Å². The van der Waals surface area contributed by atoms with Crippen LogP contribution in [0.4, 0.5) is 0 Å². The third kappa shape index (κ3) is 4.66. The van der Waals surface area contributed by atoms with Gasteiger partial charge in [-0.05, 0) is 6.92 Å². The van der Waals surface area contributed by atoms with E-state index in [4.69, 9.17) is 0 Å². The molecule has 0 amide bonds. The Balaban J connectivity index is 2.54. The number of hydrogen-bond donors (Lipinski definition) is 3. The molecule has 0 heterocycles. The van der Waals surface area contributed by atoms with Crippen LogP contribution in [0.5, 0.6) is 0 Å². The molecular weight excluding hydrogens is 102 g/mol. The Hall–Kier alpha value is 0.660. The van der Waals surface area contributed by atoms with Gasteiger partial charge in [0.15, 0.2) is 0 Å². The molecule has 5 heavy (non-hydrogen) atoms. The zero-order valence-corrected chi connectivity index (χ0v) is 4.76. The molecule has 0 spiro atoms. The average Bonchev–Trinajstić information content (AvgIpc) is 1.38. The van der Waals surface area contributed by atoms with E-state index in [1.165, 1.54) is 0 Å². The van der Waals surface area contributed by atoms with Gasteiger partial charge < -0.3 is 0 Å². The second-order valence-corrected chi connectivity index (χ2v) is 1.84. The molecular formula is C2H7NS2. The highest BCUT2D eigenvalue weighted by molar-refractivity contribution is 7.83. The van der Waals surface area contributed by atoms with Crippen LogP contribution < -0.4 is 4.72 Å². The summed E-state index contributed by atoms with van der Waals surface area (Å²) in [5.74, 6) is 0. The minimum atomic E-state index is 0.193. The topological polar surface area (TPSA) is 12.0 Å². The van der Waals surface area contributed by atoms with Crippen LogP contribution in [0.15, 0.2) is 0 Å². The Bertz CT molecular complexity index is 21.6. The summed E-state index contributed by atoms with van der Waals surface area (Å²) in [7, 11) is 0. The molecule has 0 saturated heterocycles. The molecule has 0 radical (unpaired) electrons. The van der Waals surface area contributed by atoms with E-state index in [2.05, 4.69) is 30.2 Å². The zero-order valence-electron chi connectivity index (χ0n) is 2.97. The van der Waals surface area contributed by atoms with Crippen LogP contribution in [0.1, 0.15) is 6.92 Å². The maximum Gasteiger partial charge on any atom is 0.0567 e. The van der Waals surface area contributed by atoms with E-state index in [1.54, 1.807) is 0 Å². The predicted molar refractivity (Wildman–Crippen MR) is 30.6 cm³/mol. The van der Waals surface area contributed by atoms with E-state index in [0.717, 1.165) is 0 Å². The molecule has 1 atom stereocenters. The average molecular weight is 109 g/mol. The summed E-state index contributed by atoms with van der Waals surface area (Å²) in [5, 5.41) is 0.193. The van der Waals surface area contributed by atoms with Crippen molar-refractivity contribution >= 4 is 25.4 Å². The summed E-state index contributed by atoms with van der Waals surface area (Å²) < 4.78 is 2.59. The molecule has 0 aliphatic heterocycles. The lowest BCUT2D eigenvalue weighted by molar-refractivity contribution is 0.974. The van der Waals surface area contributed by atoms with Gasteiger partial charge in [-0.2, -0.15) is 12.6 Å². The van der Waals surface area contributed by atoms with Crippen molar-refractivity contribution in [2.24, 2.45) is 0 Å². The van der Waals surface area contributed by atoms with Crippen molar-refractivity contribution in [1.82, 2.24) is 4.72 Å². The zero-order chi connectivity index (χ0) is 4.28. The van der Waals surface area contributed by atoms with E-state index in [9.17, 15) is 0 Å². The summed E-state index contributed by atoms with van der Waals surface area (Å²) in [6.45, 7) is 1.90. The van der Waals surface area contributed by atoms with Crippen LogP contribution in [0.25, 0.3) is 0 Å². The van der Waals surface area contributed by atoms with Crippen LogP contribution in [-0.4, -0.2) is 5.37 Å². The van der Waals surface area contributed by atoms with Gasteiger partial charge in [0.25, 0.3) is 0 Å². The molecule has 0 aromatic heterocycles. The Morgan fingerprint density at radius 3 is 2.00 bits per heavy atom. The predicted octanol–water partition coefficient (Wildman–Crippen LogP) is 0.697. The first kappa shape index (κ1) is 5.66. The number of thiol groups is 2. The molecule has 0 aliphatic rings. The van der Waals surface area contributed by atoms with Crippen molar-refractivity contribution in [1.29, 1.82) is 0 Å². The fourth-order valence-electron chi connectivity index (χ4n) is 0. The lowest BCUT2D eigenvalue weighted by Crippen LogP contribution is -2.05. The first-order valence-corrected chi connectivity index (χ1v) is 2.31. The summed E-state index contributed by atoms with van der Waals surface area (Å²) >= 11 is 7.60. The summed E-state index contributed by atoms with van der Waals surface area (Å²) in [4.78, 5) is 0. The Labute approximate surface area is 43.1 Å². The second kappa shape index (κ2) is 2.87. The van der Waals surface area contributed by atoms with Gasteiger partial charge in [-0.1, -0.05) is 12.8 Å². The monoisotopic (exact) mass is 109 g/mol. The molecule has 0 fully saturated rings. The Kier molecular flexibility index (Phi) is 3.25. The molecule has 0 rings (SSSR count). The fourth-order valence-corrected chi connectivity index (χ4v) is 0. The van der Waals surface area contributed by atoms with Gasteiger partial charge in [-0.25, -0.2) is 0 Å². The first-order valence-electron chi connectivity index (χ1n) is 1.35. The van der Waals surface area contributed by atoms with Crippen LogP contribution >= 0.6 is 25.4 Å². The maximum absolute atomic E-state index is 3.91. The van der Waals surface area contributed by atoms with Crippen molar-refractivity contribution in [2.75, 3.05) is 0 Å². The molecule has 0 saturated carbocycles. The van der Waals surface area contributed by atoms with Gasteiger partial charge in [-0.3, -0.25) is 4.72 Å². The van der Waals surface area contributed by atoms with Crippen molar-refractivity contribution < 1.29 is 0 Å². The van der Waals surface area contributed by atoms with E-state index in [-0.39, 0.29) is 5.37 Å². The van der Waals surface area contributed by atoms with Crippen molar-refractivity contribution in [3.63, 3.8) is 0 Å². The summed E-state index contributed by atoms with van der Waals surface area (Å²) in [6.07, 6.45) is 0. The van der Waals surface area contributed by atoms with Gasteiger partial charge in [0.2, 0.25) is 0 Å². The quantitative estimate of drug-likeness (QED) is 0.332. The van der Waals surface area contributed by atoms with Crippen LogP contribution in [0, 0.1) is 0 Å². The van der Waals surface area contributed by atoms with Crippen molar-refractivity contribution in [2.45, 2.75) is 12.3 Å². The number of hydrogen-bond acceptors (Lipinski definition) is 3.